The van der Waals surface area contributed by atoms with E-state index in [1.165, 1.54) is 70.6 Å². The van der Waals surface area contributed by atoms with Gasteiger partial charge in [-0.25, -0.2) is 0 Å². The summed E-state index contributed by atoms with van der Waals surface area (Å²) in [6.45, 7) is 4.41. The van der Waals surface area contributed by atoms with Crippen molar-refractivity contribution in [2.75, 3.05) is 6.61 Å². The quantitative estimate of drug-likeness (QED) is 0.239. The highest BCUT2D eigenvalue weighted by atomic mass is 16.5. The molecular formula is C21H42O3. The number of unbranched alkanes of at least 4 members (excludes halogenated alkanes) is 12. The van der Waals surface area contributed by atoms with Crippen LogP contribution in [-0.2, 0) is 9.53 Å². The lowest BCUT2D eigenvalue weighted by molar-refractivity contribution is -0.151. The zero-order chi connectivity index (χ0) is 17.9. The van der Waals surface area contributed by atoms with Crippen molar-refractivity contribution in [1.82, 2.24) is 0 Å². The first-order valence-electron chi connectivity index (χ1n) is 10.5. The molecule has 0 aliphatic carbocycles. The van der Waals surface area contributed by atoms with Crippen molar-refractivity contribution < 1.29 is 14.6 Å². The molecule has 144 valence electrons. The van der Waals surface area contributed by atoms with Crippen LogP contribution in [0.3, 0.4) is 0 Å². The number of aliphatic hydroxyl groups excluding tert-OH is 1. The van der Waals surface area contributed by atoms with Crippen molar-refractivity contribution in [3.8, 4) is 0 Å². The van der Waals surface area contributed by atoms with E-state index in [4.69, 9.17) is 4.74 Å². The highest BCUT2D eigenvalue weighted by Crippen LogP contribution is 2.13. The van der Waals surface area contributed by atoms with E-state index in [1.54, 1.807) is 0 Å². The molecule has 1 unspecified atom stereocenters. The number of carbonyl (C=O) groups excluding carboxylic acids is 1. The summed E-state index contributed by atoms with van der Waals surface area (Å²) < 4.78 is 5.40. The minimum absolute atomic E-state index is 0.0435. The summed E-state index contributed by atoms with van der Waals surface area (Å²) in [7, 11) is 0. The Kier molecular flexibility index (Phi) is 18.3. The molecule has 0 radical (unpaired) electrons. The van der Waals surface area contributed by atoms with Crippen molar-refractivity contribution in [2.24, 2.45) is 0 Å². The molecule has 0 aromatic rings. The molecule has 0 bridgehead atoms. The largest absolute Gasteiger partial charge is 0.460 e. The van der Waals surface area contributed by atoms with Crippen LogP contribution in [0.5, 0.6) is 0 Å². The lowest BCUT2D eigenvalue weighted by Crippen LogP contribution is -2.21. The molecule has 3 nitrogen and oxygen atoms in total. The number of ether oxygens (including phenoxy) is 1. The Labute approximate surface area is 150 Å². The summed E-state index contributed by atoms with van der Waals surface area (Å²) >= 11 is 0. The fraction of sp³-hybridized carbons (Fsp3) is 0.952. The summed E-state index contributed by atoms with van der Waals surface area (Å²) in [5, 5.41) is 9.35. The van der Waals surface area contributed by atoms with Gasteiger partial charge in [0.05, 0.1) is 6.61 Å². The molecule has 0 fully saturated rings. The number of esters is 1. The van der Waals surface area contributed by atoms with Crippen LogP contribution in [0.15, 0.2) is 0 Å². The maximum absolute atomic E-state index is 11.8. The zero-order valence-electron chi connectivity index (χ0n) is 16.4. The molecule has 3 heteroatoms. The van der Waals surface area contributed by atoms with Crippen LogP contribution in [0.1, 0.15) is 117 Å². The SMILES string of the molecule is CCCCCCCCCCC(=O)OC(CO)CCCCCCCC. The fourth-order valence-corrected chi connectivity index (χ4v) is 2.99. The number of hydrogen-bond donors (Lipinski definition) is 1. The van der Waals surface area contributed by atoms with Gasteiger partial charge in [-0.05, 0) is 19.3 Å². The zero-order valence-corrected chi connectivity index (χ0v) is 16.4. The highest BCUT2D eigenvalue weighted by molar-refractivity contribution is 5.69. The average molecular weight is 343 g/mol. The van der Waals surface area contributed by atoms with E-state index in [9.17, 15) is 9.90 Å². The Morgan fingerprint density at radius 3 is 1.71 bits per heavy atom. The Morgan fingerprint density at radius 2 is 1.21 bits per heavy atom. The molecule has 1 atom stereocenters. The monoisotopic (exact) mass is 342 g/mol. The maximum atomic E-state index is 11.8. The van der Waals surface area contributed by atoms with Crippen LogP contribution in [-0.4, -0.2) is 23.8 Å². The molecule has 1 N–H and O–H groups in total. The molecule has 0 heterocycles. The summed E-state index contributed by atoms with van der Waals surface area (Å²) in [6, 6.07) is 0. The number of rotatable bonds is 18. The van der Waals surface area contributed by atoms with Crippen molar-refractivity contribution in [3.05, 3.63) is 0 Å². The first-order valence-corrected chi connectivity index (χ1v) is 10.5. The molecule has 0 rings (SSSR count). The van der Waals surface area contributed by atoms with Crippen molar-refractivity contribution in [2.45, 2.75) is 123 Å². The molecule has 0 aliphatic heterocycles. The first-order chi connectivity index (χ1) is 11.7. The van der Waals surface area contributed by atoms with Crippen LogP contribution >= 0.6 is 0 Å². The highest BCUT2D eigenvalue weighted by Gasteiger charge is 2.12. The van der Waals surface area contributed by atoms with E-state index < -0.39 is 0 Å². The lowest BCUT2D eigenvalue weighted by Gasteiger charge is -2.15. The van der Waals surface area contributed by atoms with E-state index in [2.05, 4.69) is 13.8 Å². The normalized spacial score (nSPS) is 12.3. The molecular weight excluding hydrogens is 300 g/mol. The van der Waals surface area contributed by atoms with Crippen molar-refractivity contribution >= 4 is 5.97 Å². The van der Waals surface area contributed by atoms with Gasteiger partial charge < -0.3 is 9.84 Å². The van der Waals surface area contributed by atoms with Crippen LogP contribution in [0, 0.1) is 0 Å². The predicted octanol–water partition coefficient (Wildman–Crippen LogP) is 6.17. The second-order valence-electron chi connectivity index (χ2n) is 7.08. The van der Waals surface area contributed by atoms with E-state index in [1.807, 2.05) is 0 Å². The number of hydrogen-bond acceptors (Lipinski definition) is 3. The van der Waals surface area contributed by atoms with E-state index >= 15 is 0 Å². The maximum Gasteiger partial charge on any atom is 0.306 e. The standard InChI is InChI=1S/C21H42O3/c1-3-5-7-9-11-12-14-16-18-21(23)24-20(19-22)17-15-13-10-8-6-4-2/h20,22H,3-19H2,1-2H3. The van der Waals surface area contributed by atoms with Crippen LogP contribution in [0.2, 0.25) is 0 Å². The fourth-order valence-electron chi connectivity index (χ4n) is 2.99. The minimum Gasteiger partial charge on any atom is -0.460 e. The van der Waals surface area contributed by atoms with Crippen molar-refractivity contribution in [1.29, 1.82) is 0 Å². The molecule has 0 saturated heterocycles. The third-order valence-corrected chi connectivity index (χ3v) is 4.62. The average Bonchev–Trinajstić information content (AvgIpc) is 2.59. The van der Waals surface area contributed by atoms with E-state index in [0.29, 0.717) is 6.42 Å². The summed E-state index contributed by atoms with van der Waals surface area (Å²) in [5.41, 5.74) is 0. The second kappa shape index (κ2) is 18.8. The van der Waals surface area contributed by atoms with Gasteiger partial charge in [0.25, 0.3) is 0 Å². The minimum atomic E-state index is -0.294. The first kappa shape index (κ1) is 23.4. The van der Waals surface area contributed by atoms with Gasteiger partial charge in [-0.15, -0.1) is 0 Å². The second-order valence-corrected chi connectivity index (χ2v) is 7.08. The molecule has 0 aromatic heterocycles. The van der Waals surface area contributed by atoms with Gasteiger partial charge in [0.1, 0.15) is 6.10 Å². The molecule has 0 aliphatic rings. The Balaban J connectivity index is 3.50. The number of carbonyl (C=O) groups is 1. The lowest BCUT2D eigenvalue weighted by atomic mass is 10.1. The molecule has 0 saturated carbocycles. The summed E-state index contributed by atoms with van der Waals surface area (Å²) in [6.07, 6.45) is 18.2. The van der Waals surface area contributed by atoms with Crippen LogP contribution in [0.25, 0.3) is 0 Å². The van der Waals surface area contributed by atoms with Gasteiger partial charge in [-0.3, -0.25) is 4.79 Å². The Morgan fingerprint density at radius 1 is 0.750 bits per heavy atom. The van der Waals surface area contributed by atoms with E-state index in [0.717, 1.165) is 25.7 Å². The molecule has 0 aromatic carbocycles. The van der Waals surface area contributed by atoms with Crippen LogP contribution < -0.4 is 0 Å². The molecule has 0 spiro atoms. The number of aliphatic hydroxyl groups is 1. The van der Waals surface area contributed by atoms with Gasteiger partial charge in [0.2, 0.25) is 0 Å². The summed E-state index contributed by atoms with van der Waals surface area (Å²) in [4.78, 5) is 11.8. The third-order valence-electron chi connectivity index (χ3n) is 4.62. The summed E-state index contributed by atoms with van der Waals surface area (Å²) in [5.74, 6) is -0.133. The van der Waals surface area contributed by atoms with Gasteiger partial charge in [0.15, 0.2) is 0 Å². The van der Waals surface area contributed by atoms with Gasteiger partial charge in [-0.1, -0.05) is 90.9 Å². The molecule has 24 heavy (non-hydrogen) atoms. The van der Waals surface area contributed by atoms with Crippen molar-refractivity contribution in [3.63, 3.8) is 0 Å². The Bertz CT molecular complexity index is 266. The van der Waals surface area contributed by atoms with Gasteiger partial charge >= 0.3 is 5.97 Å². The van der Waals surface area contributed by atoms with Crippen LogP contribution in [0.4, 0.5) is 0 Å². The van der Waals surface area contributed by atoms with Gasteiger partial charge in [-0.2, -0.15) is 0 Å². The predicted molar refractivity (Wildman–Crippen MR) is 102 cm³/mol. The third kappa shape index (κ3) is 16.3. The molecule has 0 amide bonds. The van der Waals surface area contributed by atoms with Gasteiger partial charge in [0, 0.05) is 6.42 Å². The topological polar surface area (TPSA) is 46.5 Å². The smallest absolute Gasteiger partial charge is 0.306 e. The van der Waals surface area contributed by atoms with E-state index in [-0.39, 0.29) is 18.7 Å². The Hall–Kier alpha value is -0.570.